The predicted octanol–water partition coefficient (Wildman–Crippen LogP) is 1.66. The molecule has 2 heterocycles. The summed E-state index contributed by atoms with van der Waals surface area (Å²) >= 11 is 0. The third-order valence-electron chi connectivity index (χ3n) is 4.28. The van der Waals surface area contributed by atoms with Crippen molar-refractivity contribution >= 4 is 11.6 Å². The molecule has 1 atom stereocenters. The summed E-state index contributed by atoms with van der Waals surface area (Å²) in [6.45, 7) is 3.89. The molecule has 3 rings (SSSR count). The lowest BCUT2D eigenvalue weighted by Gasteiger charge is -2.23. The highest BCUT2D eigenvalue weighted by molar-refractivity contribution is 5.95. The Kier molecular flexibility index (Phi) is 5.08. The maximum Gasteiger partial charge on any atom is 0.253 e. The number of nitrogens with zero attached hydrogens (tertiary/aromatic N) is 2. The fourth-order valence-corrected chi connectivity index (χ4v) is 3.06. The van der Waals surface area contributed by atoms with Crippen LogP contribution in [0.2, 0.25) is 0 Å². The van der Waals surface area contributed by atoms with Crippen molar-refractivity contribution in [2.75, 3.05) is 44.9 Å². The molecule has 0 bridgehead atoms. The zero-order valence-electron chi connectivity index (χ0n) is 13.2. The van der Waals surface area contributed by atoms with Crippen molar-refractivity contribution in [1.29, 1.82) is 0 Å². The van der Waals surface area contributed by atoms with Crippen LogP contribution in [0.4, 0.5) is 5.69 Å². The molecule has 1 aromatic rings. The van der Waals surface area contributed by atoms with E-state index in [-0.39, 0.29) is 18.6 Å². The zero-order valence-corrected chi connectivity index (χ0v) is 13.2. The van der Waals surface area contributed by atoms with Gasteiger partial charge in [-0.3, -0.25) is 4.79 Å². The number of likely N-dealkylation sites (N-methyl/N-ethyl adjacent to an activating group) is 1. The van der Waals surface area contributed by atoms with Gasteiger partial charge in [-0.05, 0) is 31.5 Å². The van der Waals surface area contributed by atoms with E-state index in [2.05, 4.69) is 18.0 Å². The molecule has 5 nitrogen and oxygen atoms in total. The summed E-state index contributed by atoms with van der Waals surface area (Å²) in [5, 5.41) is 0. The van der Waals surface area contributed by atoms with Gasteiger partial charge < -0.3 is 19.3 Å². The van der Waals surface area contributed by atoms with Gasteiger partial charge in [-0.15, -0.1) is 0 Å². The molecule has 0 aromatic heterocycles. The summed E-state index contributed by atoms with van der Waals surface area (Å²) < 4.78 is 11.1. The molecular weight excluding hydrogens is 280 g/mol. The first kappa shape index (κ1) is 15.5. The summed E-state index contributed by atoms with van der Waals surface area (Å²) in [6, 6.07) is 8.11. The molecule has 0 saturated carbocycles. The fraction of sp³-hybridized carbons (Fsp3) is 0.588. The molecule has 1 saturated heterocycles. The molecule has 1 aromatic carbocycles. The minimum absolute atomic E-state index is 0.0285. The van der Waals surface area contributed by atoms with Crippen LogP contribution in [-0.4, -0.2) is 56.9 Å². The molecule has 2 aliphatic heterocycles. The lowest BCUT2D eigenvalue weighted by atomic mass is 10.1. The van der Waals surface area contributed by atoms with Crippen molar-refractivity contribution in [3.8, 4) is 0 Å². The fourth-order valence-electron chi connectivity index (χ4n) is 3.06. The average molecular weight is 304 g/mol. The van der Waals surface area contributed by atoms with Crippen LogP contribution in [0, 0.1) is 0 Å². The quantitative estimate of drug-likeness (QED) is 0.848. The minimum atomic E-state index is 0.0285. The van der Waals surface area contributed by atoms with Crippen molar-refractivity contribution in [2.45, 2.75) is 25.5 Å². The van der Waals surface area contributed by atoms with E-state index in [0.717, 1.165) is 38.2 Å². The topological polar surface area (TPSA) is 42.0 Å². The van der Waals surface area contributed by atoms with Gasteiger partial charge in [0, 0.05) is 31.9 Å². The number of carbonyl (C=O) groups excluding carboxylic acids is 1. The Labute approximate surface area is 131 Å². The molecule has 0 aliphatic carbocycles. The second-order valence-electron chi connectivity index (χ2n) is 6.06. The summed E-state index contributed by atoms with van der Waals surface area (Å²) in [5.41, 5.74) is 2.20. The lowest BCUT2D eigenvalue weighted by Crippen LogP contribution is -2.38. The monoisotopic (exact) mass is 304 g/mol. The Bertz CT molecular complexity index is 514. The van der Waals surface area contributed by atoms with Crippen molar-refractivity contribution in [3.63, 3.8) is 0 Å². The number of benzene rings is 1. The van der Waals surface area contributed by atoms with Crippen molar-refractivity contribution < 1.29 is 14.3 Å². The highest BCUT2D eigenvalue weighted by Crippen LogP contribution is 2.24. The molecular formula is C17H24N2O3. The summed E-state index contributed by atoms with van der Waals surface area (Å²) in [5.74, 6) is 0.0285. The molecule has 120 valence electrons. The van der Waals surface area contributed by atoms with Crippen LogP contribution in [0.15, 0.2) is 24.3 Å². The highest BCUT2D eigenvalue weighted by Gasteiger charge is 2.23. The summed E-state index contributed by atoms with van der Waals surface area (Å²) in [4.78, 5) is 16.6. The van der Waals surface area contributed by atoms with Gasteiger partial charge in [-0.2, -0.15) is 0 Å². The molecule has 22 heavy (non-hydrogen) atoms. The van der Waals surface area contributed by atoms with E-state index in [9.17, 15) is 4.79 Å². The second kappa shape index (κ2) is 7.22. The largest absolute Gasteiger partial charge is 0.376 e. The number of amides is 1. The van der Waals surface area contributed by atoms with Crippen LogP contribution in [0.5, 0.6) is 0 Å². The number of anilines is 1. The number of hydrogen-bond acceptors (Lipinski definition) is 4. The molecule has 5 heteroatoms. The van der Waals surface area contributed by atoms with Crippen LogP contribution >= 0.6 is 0 Å². The van der Waals surface area contributed by atoms with Crippen LogP contribution in [-0.2, 0) is 20.8 Å². The summed E-state index contributed by atoms with van der Waals surface area (Å²) in [6.07, 6.45) is 2.29. The van der Waals surface area contributed by atoms with E-state index in [1.807, 2.05) is 23.1 Å². The first-order valence-corrected chi connectivity index (χ1v) is 8.00. The molecule has 1 unspecified atom stereocenters. The van der Waals surface area contributed by atoms with Crippen LogP contribution in [0.25, 0.3) is 0 Å². The molecule has 1 amide bonds. The standard InChI is InChI=1S/C17H24N2O3/c1-18-8-9-19(16-7-3-2-5-14(16)11-18)17(20)13-21-12-15-6-4-10-22-15/h2-3,5,7,15H,4,6,8-13H2,1H3. The number of carbonyl (C=O) groups is 1. The molecule has 0 spiro atoms. The van der Waals surface area contributed by atoms with Crippen LogP contribution in [0.1, 0.15) is 18.4 Å². The minimum Gasteiger partial charge on any atom is -0.376 e. The van der Waals surface area contributed by atoms with Gasteiger partial charge in [-0.25, -0.2) is 0 Å². The third-order valence-corrected chi connectivity index (χ3v) is 4.28. The van der Waals surface area contributed by atoms with Crippen molar-refractivity contribution in [1.82, 2.24) is 4.90 Å². The van der Waals surface area contributed by atoms with E-state index < -0.39 is 0 Å². The average Bonchev–Trinajstić information content (AvgIpc) is 2.96. The van der Waals surface area contributed by atoms with E-state index in [1.54, 1.807) is 0 Å². The van der Waals surface area contributed by atoms with E-state index in [1.165, 1.54) is 5.56 Å². The molecule has 0 N–H and O–H groups in total. The number of rotatable bonds is 4. The van der Waals surface area contributed by atoms with Crippen molar-refractivity contribution in [2.24, 2.45) is 0 Å². The maximum atomic E-state index is 12.5. The van der Waals surface area contributed by atoms with Gasteiger partial charge in [-0.1, -0.05) is 18.2 Å². The molecule has 0 radical (unpaired) electrons. The highest BCUT2D eigenvalue weighted by atomic mass is 16.5. The van der Waals surface area contributed by atoms with Gasteiger partial charge in [0.2, 0.25) is 0 Å². The predicted molar refractivity (Wildman–Crippen MR) is 84.9 cm³/mol. The Morgan fingerprint density at radius 1 is 1.36 bits per heavy atom. The van der Waals surface area contributed by atoms with Gasteiger partial charge in [0.25, 0.3) is 5.91 Å². The Balaban J connectivity index is 1.61. The Morgan fingerprint density at radius 2 is 2.23 bits per heavy atom. The van der Waals surface area contributed by atoms with Gasteiger partial charge in [0.05, 0.1) is 12.7 Å². The Morgan fingerprint density at radius 3 is 3.05 bits per heavy atom. The van der Waals surface area contributed by atoms with Gasteiger partial charge >= 0.3 is 0 Å². The molecule has 2 aliphatic rings. The summed E-state index contributed by atoms with van der Waals surface area (Å²) in [7, 11) is 2.08. The van der Waals surface area contributed by atoms with Crippen LogP contribution < -0.4 is 4.90 Å². The number of hydrogen-bond donors (Lipinski definition) is 0. The zero-order chi connectivity index (χ0) is 15.4. The lowest BCUT2D eigenvalue weighted by molar-refractivity contribution is -0.124. The first-order chi connectivity index (χ1) is 10.7. The Hall–Kier alpha value is -1.43. The SMILES string of the molecule is CN1CCN(C(=O)COCC2CCCO2)c2ccccc2C1. The van der Waals surface area contributed by atoms with Gasteiger partial charge in [0.1, 0.15) is 6.61 Å². The van der Waals surface area contributed by atoms with E-state index in [4.69, 9.17) is 9.47 Å². The van der Waals surface area contributed by atoms with Crippen molar-refractivity contribution in [3.05, 3.63) is 29.8 Å². The van der Waals surface area contributed by atoms with Crippen LogP contribution in [0.3, 0.4) is 0 Å². The number of para-hydroxylation sites is 1. The maximum absolute atomic E-state index is 12.5. The smallest absolute Gasteiger partial charge is 0.253 e. The first-order valence-electron chi connectivity index (χ1n) is 8.00. The van der Waals surface area contributed by atoms with E-state index in [0.29, 0.717) is 13.2 Å². The number of ether oxygens (including phenoxy) is 2. The van der Waals surface area contributed by atoms with Gasteiger partial charge in [0.15, 0.2) is 0 Å². The van der Waals surface area contributed by atoms with E-state index >= 15 is 0 Å². The second-order valence-corrected chi connectivity index (χ2v) is 6.06. The third kappa shape index (κ3) is 3.66. The molecule has 1 fully saturated rings. The normalized spacial score (nSPS) is 22.4. The number of fused-ring (bicyclic) bond motifs is 1.